The fourth-order valence-corrected chi connectivity index (χ4v) is 2.23. The van der Waals surface area contributed by atoms with Gasteiger partial charge in [0.05, 0.1) is 23.5 Å². The van der Waals surface area contributed by atoms with Gasteiger partial charge in [-0.05, 0) is 46.6 Å². The van der Waals surface area contributed by atoms with Gasteiger partial charge in [-0.3, -0.25) is 0 Å². The third-order valence-electron chi connectivity index (χ3n) is 4.51. The van der Waals surface area contributed by atoms with E-state index in [2.05, 4.69) is 4.98 Å². The number of pyridine rings is 1. The van der Waals surface area contributed by atoms with Gasteiger partial charge in [-0.2, -0.15) is 13.2 Å². The van der Waals surface area contributed by atoms with E-state index < -0.39 is 30.2 Å². The van der Waals surface area contributed by atoms with E-state index in [1.807, 2.05) is 27.7 Å². The van der Waals surface area contributed by atoms with Gasteiger partial charge in [0, 0.05) is 5.46 Å². The largest absolute Gasteiger partial charge is 0.498 e. The molecule has 0 radical (unpaired) electrons. The molecular formula is C15H19BF3NO3. The monoisotopic (exact) mass is 329 g/mol. The van der Waals surface area contributed by atoms with Crippen LogP contribution in [0.2, 0.25) is 0 Å². The summed E-state index contributed by atoms with van der Waals surface area (Å²) in [6, 6.07) is 0.958. The molecule has 0 spiro atoms. The summed E-state index contributed by atoms with van der Waals surface area (Å²) in [5, 5.41) is 0. The molecule has 1 aliphatic carbocycles. The lowest BCUT2D eigenvalue weighted by Crippen LogP contribution is -2.41. The average Bonchev–Trinajstić information content (AvgIpc) is 3.16. The molecule has 23 heavy (non-hydrogen) atoms. The van der Waals surface area contributed by atoms with E-state index in [-0.39, 0.29) is 11.6 Å². The summed E-state index contributed by atoms with van der Waals surface area (Å²) in [5.41, 5.74) is -2.03. The maximum atomic E-state index is 13.0. The number of rotatable bonds is 3. The van der Waals surface area contributed by atoms with E-state index in [1.54, 1.807) is 0 Å². The Hall–Kier alpha value is -1.28. The summed E-state index contributed by atoms with van der Waals surface area (Å²) in [5.74, 6) is 0.291. The topological polar surface area (TPSA) is 40.6 Å². The minimum atomic E-state index is -4.53. The number of alkyl halides is 3. The summed E-state index contributed by atoms with van der Waals surface area (Å²) in [4.78, 5) is 3.47. The molecule has 0 aromatic carbocycles. The molecule has 126 valence electrons. The fraction of sp³-hybridized carbons (Fsp3) is 0.667. The molecule has 0 unspecified atom stereocenters. The van der Waals surface area contributed by atoms with Crippen LogP contribution in [0, 0.1) is 0 Å². The second-order valence-electron chi connectivity index (χ2n) is 7.01. The minimum Gasteiger partial charge on any atom is -0.489 e. The normalized spacial score (nSPS) is 23.2. The Morgan fingerprint density at radius 3 is 2.22 bits per heavy atom. The van der Waals surface area contributed by atoms with Crippen molar-refractivity contribution in [2.24, 2.45) is 0 Å². The van der Waals surface area contributed by atoms with Crippen LogP contribution in [0.3, 0.4) is 0 Å². The van der Waals surface area contributed by atoms with Crippen molar-refractivity contribution in [3.05, 3.63) is 18.0 Å². The van der Waals surface area contributed by atoms with Gasteiger partial charge in [0.15, 0.2) is 0 Å². The minimum absolute atomic E-state index is 0.0368. The van der Waals surface area contributed by atoms with Gasteiger partial charge in [0.25, 0.3) is 0 Å². The number of aromatic nitrogens is 1. The van der Waals surface area contributed by atoms with Crippen LogP contribution in [0.5, 0.6) is 5.75 Å². The quantitative estimate of drug-likeness (QED) is 0.800. The zero-order valence-corrected chi connectivity index (χ0v) is 13.5. The van der Waals surface area contributed by atoms with Crippen LogP contribution in [-0.4, -0.2) is 29.4 Å². The molecule has 2 fully saturated rings. The molecule has 2 heterocycles. The molecule has 1 aliphatic heterocycles. The van der Waals surface area contributed by atoms with E-state index in [4.69, 9.17) is 14.0 Å². The Bertz CT molecular complexity index is 598. The predicted molar refractivity (Wildman–Crippen MR) is 78.6 cm³/mol. The van der Waals surface area contributed by atoms with Crippen LogP contribution in [0.25, 0.3) is 0 Å². The summed E-state index contributed by atoms with van der Waals surface area (Å²) in [6.45, 7) is 7.39. The second-order valence-corrected chi connectivity index (χ2v) is 7.01. The zero-order valence-electron chi connectivity index (χ0n) is 13.5. The Labute approximate surface area is 133 Å². The van der Waals surface area contributed by atoms with E-state index in [0.717, 1.165) is 25.1 Å². The lowest BCUT2D eigenvalue weighted by molar-refractivity contribution is -0.141. The first-order valence-corrected chi connectivity index (χ1v) is 7.59. The Balaban J connectivity index is 1.98. The number of ether oxygens (including phenoxy) is 1. The molecule has 1 saturated heterocycles. The predicted octanol–water partition coefficient (Wildman–Crippen LogP) is 2.94. The lowest BCUT2D eigenvalue weighted by atomic mass is 9.78. The highest BCUT2D eigenvalue weighted by Crippen LogP contribution is 2.38. The van der Waals surface area contributed by atoms with E-state index in [9.17, 15) is 13.2 Å². The SMILES string of the molecule is CC1(C)OB(c2cc(C(F)(F)F)ncc2OC2CC2)OC1(C)C. The van der Waals surface area contributed by atoms with Crippen molar-refractivity contribution in [1.82, 2.24) is 4.98 Å². The molecule has 1 aromatic rings. The van der Waals surface area contributed by atoms with Gasteiger partial charge in [-0.15, -0.1) is 0 Å². The van der Waals surface area contributed by atoms with Gasteiger partial charge < -0.3 is 14.0 Å². The van der Waals surface area contributed by atoms with E-state index in [0.29, 0.717) is 5.75 Å². The first kappa shape index (κ1) is 16.6. The average molecular weight is 329 g/mol. The summed E-state index contributed by atoms with van der Waals surface area (Å²) < 4.78 is 56.4. The standard InChI is InChI=1S/C15H19BF3NO3/c1-13(2)14(3,4)23-16(22-13)10-7-12(15(17,18)19)20-8-11(10)21-9-5-6-9/h7-9H,5-6H2,1-4H3. The number of hydrogen-bond acceptors (Lipinski definition) is 4. The van der Waals surface area contributed by atoms with E-state index in [1.165, 1.54) is 0 Å². The highest BCUT2D eigenvalue weighted by Gasteiger charge is 2.53. The molecule has 3 rings (SSSR count). The number of hydrogen-bond donors (Lipinski definition) is 0. The van der Waals surface area contributed by atoms with Crippen molar-refractivity contribution >= 4 is 12.6 Å². The maximum absolute atomic E-state index is 13.0. The third kappa shape index (κ3) is 3.19. The first-order valence-electron chi connectivity index (χ1n) is 7.59. The molecule has 4 nitrogen and oxygen atoms in total. The van der Waals surface area contributed by atoms with Crippen molar-refractivity contribution in [3.63, 3.8) is 0 Å². The summed E-state index contributed by atoms with van der Waals surface area (Å²) >= 11 is 0. The Morgan fingerprint density at radius 2 is 1.74 bits per heavy atom. The van der Waals surface area contributed by atoms with Gasteiger partial charge in [0.1, 0.15) is 11.4 Å². The molecule has 0 bridgehead atoms. The second kappa shape index (κ2) is 5.11. The summed E-state index contributed by atoms with van der Waals surface area (Å²) in [7, 11) is -0.919. The van der Waals surface area contributed by atoms with Crippen LogP contribution in [-0.2, 0) is 15.5 Å². The maximum Gasteiger partial charge on any atom is 0.498 e. The molecule has 8 heteroatoms. The molecule has 0 N–H and O–H groups in total. The van der Waals surface area contributed by atoms with Crippen molar-refractivity contribution < 1.29 is 27.2 Å². The third-order valence-corrected chi connectivity index (χ3v) is 4.51. The van der Waals surface area contributed by atoms with Gasteiger partial charge in [-0.25, -0.2) is 4.98 Å². The number of nitrogens with zero attached hydrogens (tertiary/aromatic N) is 1. The summed E-state index contributed by atoms with van der Waals surface area (Å²) in [6.07, 6.45) is -1.60. The van der Waals surface area contributed by atoms with Gasteiger partial charge in [0.2, 0.25) is 0 Å². The van der Waals surface area contributed by atoms with Gasteiger partial charge in [-0.1, -0.05) is 0 Å². The lowest BCUT2D eigenvalue weighted by Gasteiger charge is -2.32. The van der Waals surface area contributed by atoms with Crippen molar-refractivity contribution in [2.45, 2.75) is 64.0 Å². The van der Waals surface area contributed by atoms with E-state index >= 15 is 0 Å². The molecule has 1 saturated carbocycles. The van der Waals surface area contributed by atoms with Crippen LogP contribution in [0.4, 0.5) is 13.2 Å². The molecule has 0 atom stereocenters. The molecule has 1 aromatic heterocycles. The molecule has 2 aliphatic rings. The van der Waals surface area contributed by atoms with Crippen molar-refractivity contribution in [2.75, 3.05) is 0 Å². The van der Waals surface area contributed by atoms with Crippen LogP contribution >= 0.6 is 0 Å². The fourth-order valence-electron chi connectivity index (χ4n) is 2.23. The Kier molecular flexibility index (Phi) is 3.68. The zero-order chi connectivity index (χ0) is 17.0. The highest BCUT2D eigenvalue weighted by molar-refractivity contribution is 6.63. The first-order chi connectivity index (χ1) is 10.5. The Morgan fingerprint density at radius 1 is 1.17 bits per heavy atom. The highest BCUT2D eigenvalue weighted by atomic mass is 19.4. The van der Waals surface area contributed by atoms with Crippen molar-refractivity contribution in [3.8, 4) is 5.75 Å². The van der Waals surface area contributed by atoms with Crippen LogP contribution < -0.4 is 10.2 Å². The molecule has 0 amide bonds. The van der Waals surface area contributed by atoms with Crippen molar-refractivity contribution in [1.29, 1.82) is 0 Å². The van der Waals surface area contributed by atoms with Crippen LogP contribution in [0.1, 0.15) is 46.2 Å². The smallest absolute Gasteiger partial charge is 0.489 e. The van der Waals surface area contributed by atoms with Crippen LogP contribution in [0.15, 0.2) is 12.3 Å². The molecular weight excluding hydrogens is 310 g/mol. The number of halogens is 3. The van der Waals surface area contributed by atoms with Gasteiger partial charge >= 0.3 is 13.3 Å².